The van der Waals surface area contributed by atoms with Gasteiger partial charge >= 0.3 is 0 Å². The van der Waals surface area contributed by atoms with Crippen molar-refractivity contribution in [2.24, 2.45) is 0 Å². The third-order valence-corrected chi connectivity index (χ3v) is 4.92. The Kier molecular flexibility index (Phi) is 9.46. The quantitative estimate of drug-likeness (QED) is 0.410. The highest BCUT2D eigenvalue weighted by Gasteiger charge is 2.08. The first kappa shape index (κ1) is 23.2. The van der Waals surface area contributed by atoms with Crippen molar-refractivity contribution < 1.29 is 9.13 Å². The summed E-state index contributed by atoms with van der Waals surface area (Å²) >= 11 is 6.18. The lowest BCUT2D eigenvalue weighted by Crippen LogP contribution is -2.26. The molecule has 5 heteroatoms. The molecule has 3 aromatic rings. The average molecular weight is 434 g/mol. The van der Waals surface area contributed by atoms with Crippen LogP contribution < -0.4 is 10.1 Å². The highest BCUT2D eigenvalue weighted by Crippen LogP contribution is 2.24. The summed E-state index contributed by atoms with van der Waals surface area (Å²) in [4.78, 5) is 0. The molecular formula is C24H26Cl2FNO. The number of aryl methyl sites for hydroxylation is 1. The first-order valence-corrected chi connectivity index (χ1v) is 9.91. The van der Waals surface area contributed by atoms with Gasteiger partial charge in [0.1, 0.15) is 18.2 Å². The standard InChI is InChI=1S/C24H25ClFNO.ClH/c1-18(7-8-19-5-3-2-4-6-19)27-16-21-15-22(25)11-14-24(21)28-17-20-9-12-23(26)13-10-20;/h2-6,9-15,18,27H,7-8,16-17H2,1H3;1H. The SMILES string of the molecule is CC(CCc1ccccc1)NCc1cc(Cl)ccc1OCc1ccc(F)cc1.Cl. The predicted molar refractivity (Wildman–Crippen MR) is 120 cm³/mol. The Morgan fingerprint density at radius 3 is 2.41 bits per heavy atom. The summed E-state index contributed by atoms with van der Waals surface area (Å²) in [6, 6.07) is 22.9. The minimum atomic E-state index is -0.246. The molecule has 0 aromatic heterocycles. The molecule has 1 atom stereocenters. The fourth-order valence-electron chi connectivity index (χ4n) is 2.98. The van der Waals surface area contributed by atoms with Crippen molar-refractivity contribution in [3.8, 4) is 5.75 Å². The van der Waals surface area contributed by atoms with Gasteiger partial charge in [0, 0.05) is 23.2 Å². The van der Waals surface area contributed by atoms with E-state index in [-0.39, 0.29) is 18.2 Å². The van der Waals surface area contributed by atoms with E-state index in [1.54, 1.807) is 12.1 Å². The van der Waals surface area contributed by atoms with E-state index in [0.29, 0.717) is 24.2 Å². The van der Waals surface area contributed by atoms with E-state index in [9.17, 15) is 4.39 Å². The Hall–Kier alpha value is -2.07. The molecule has 0 heterocycles. The van der Waals surface area contributed by atoms with Crippen LogP contribution in [0.5, 0.6) is 5.75 Å². The van der Waals surface area contributed by atoms with Gasteiger partial charge in [-0.3, -0.25) is 0 Å². The van der Waals surface area contributed by atoms with Crippen molar-refractivity contribution in [3.63, 3.8) is 0 Å². The van der Waals surface area contributed by atoms with E-state index < -0.39 is 0 Å². The van der Waals surface area contributed by atoms with Gasteiger partial charge in [0.2, 0.25) is 0 Å². The third kappa shape index (κ3) is 7.69. The maximum Gasteiger partial charge on any atom is 0.124 e. The minimum absolute atomic E-state index is 0. The second-order valence-electron chi connectivity index (χ2n) is 6.97. The molecule has 0 radical (unpaired) electrons. The molecule has 1 unspecified atom stereocenters. The van der Waals surface area contributed by atoms with Crippen LogP contribution in [-0.4, -0.2) is 6.04 Å². The lowest BCUT2D eigenvalue weighted by Gasteiger charge is -2.17. The molecule has 154 valence electrons. The Morgan fingerprint density at radius 1 is 0.966 bits per heavy atom. The molecule has 29 heavy (non-hydrogen) atoms. The van der Waals surface area contributed by atoms with E-state index in [4.69, 9.17) is 16.3 Å². The first-order chi connectivity index (χ1) is 13.6. The highest BCUT2D eigenvalue weighted by molar-refractivity contribution is 6.30. The van der Waals surface area contributed by atoms with Crippen LogP contribution in [0, 0.1) is 5.82 Å². The summed E-state index contributed by atoms with van der Waals surface area (Å²) in [7, 11) is 0. The van der Waals surface area contributed by atoms with Gasteiger partial charge in [0.25, 0.3) is 0 Å². The van der Waals surface area contributed by atoms with Gasteiger partial charge in [0.15, 0.2) is 0 Å². The van der Waals surface area contributed by atoms with Crippen LogP contribution in [0.15, 0.2) is 72.8 Å². The summed E-state index contributed by atoms with van der Waals surface area (Å²) in [5.74, 6) is 0.543. The molecule has 3 aromatic carbocycles. The van der Waals surface area contributed by atoms with Gasteiger partial charge in [0.05, 0.1) is 0 Å². The van der Waals surface area contributed by atoms with Gasteiger partial charge in [-0.2, -0.15) is 0 Å². The topological polar surface area (TPSA) is 21.3 Å². The summed E-state index contributed by atoms with van der Waals surface area (Å²) < 4.78 is 19.0. The molecule has 0 saturated heterocycles. The summed E-state index contributed by atoms with van der Waals surface area (Å²) in [5.41, 5.74) is 3.29. The van der Waals surface area contributed by atoms with E-state index in [2.05, 4.69) is 36.5 Å². The van der Waals surface area contributed by atoms with Gasteiger partial charge in [-0.25, -0.2) is 4.39 Å². The zero-order valence-corrected chi connectivity index (χ0v) is 18.0. The van der Waals surface area contributed by atoms with E-state index >= 15 is 0 Å². The predicted octanol–water partition coefficient (Wildman–Crippen LogP) is 6.59. The van der Waals surface area contributed by atoms with Crippen LogP contribution in [0.3, 0.4) is 0 Å². The molecule has 0 aliphatic rings. The second kappa shape index (κ2) is 11.8. The van der Waals surface area contributed by atoms with Crippen molar-refractivity contribution in [2.75, 3.05) is 0 Å². The number of hydrogen-bond acceptors (Lipinski definition) is 2. The molecule has 0 fully saturated rings. The molecule has 0 amide bonds. The van der Waals surface area contributed by atoms with E-state index in [1.807, 2.05) is 24.3 Å². The van der Waals surface area contributed by atoms with E-state index in [1.165, 1.54) is 17.7 Å². The minimum Gasteiger partial charge on any atom is -0.489 e. The van der Waals surface area contributed by atoms with E-state index in [0.717, 1.165) is 29.7 Å². The highest BCUT2D eigenvalue weighted by atomic mass is 35.5. The van der Waals surface area contributed by atoms with Gasteiger partial charge in [-0.15, -0.1) is 12.4 Å². The van der Waals surface area contributed by atoms with Crippen LogP contribution in [-0.2, 0) is 19.6 Å². The van der Waals surface area contributed by atoms with Crippen molar-refractivity contribution >= 4 is 24.0 Å². The number of ether oxygens (including phenoxy) is 1. The van der Waals surface area contributed by atoms with Crippen LogP contribution in [0.4, 0.5) is 4.39 Å². The lowest BCUT2D eigenvalue weighted by atomic mass is 10.1. The van der Waals surface area contributed by atoms with Crippen LogP contribution in [0.2, 0.25) is 5.02 Å². The Morgan fingerprint density at radius 2 is 1.69 bits per heavy atom. The molecule has 1 N–H and O–H groups in total. The van der Waals surface area contributed by atoms with Gasteiger partial charge < -0.3 is 10.1 Å². The average Bonchev–Trinajstić information content (AvgIpc) is 2.72. The summed E-state index contributed by atoms with van der Waals surface area (Å²) in [6.45, 7) is 3.25. The van der Waals surface area contributed by atoms with Crippen molar-refractivity contribution in [1.82, 2.24) is 5.32 Å². The third-order valence-electron chi connectivity index (χ3n) is 4.68. The lowest BCUT2D eigenvalue weighted by molar-refractivity contribution is 0.301. The number of halogens is 3. The fraction of sp³-hybridized carbons (Fsp3) is 0.250. The molecular weight excluding hydrogens is 408 g/mol. The number of benzene rings is 3. The molecule has 3 rings (SSSR count). The zero-order chi connectivity index (χ0) is 19.8. The monoisotopic (exact) mass is 433 g/mol. The van der Waals surface area contributed by atoms with Crippen molar-refractivity contribution in [1.29, 1.82) is 0 Å². The molecule has 0 aliphatic heterocycles. The Balaban J connectivity index is 0.00000300. The summed E-state index contributed by atoms with van der Waals surface area (Å²) in [6.07, 6.45) is 2.09. The maximum absolute atomic E-state index is 13.0. The second-order valence-corrected chi connectivity index (χ2v) is 7.41. The van der Waals surface area contributed by atoms with Crippen LogP contribution in [0.25, 0.3) is 0 Å². The molecule has 0 bridgehead atoms. The smallest absolute Gasteiger partial charge is 0.124 e. The molecule has 0 spiro atoms. The van der Waals surface area contributed by atoms with Crippen molar-refractivity contribution in [3.05, 3.63) is 100 Å². The maximum atomic E-state index is 13.0. The van der Waals surface area contributed by atoms with Gasteiger partial charge in [-0.05, 0) is 61.2 Å². The Labute approximate surface area is 183 Å². The van der Waals surface area contributed by atoms with Crippen LogP contribution in [0.1, 0.15) is 30.0 Å². The fourth-order valence-corrected chi connectivity index (χ4v) is 3.18. The number of rotatable bonds is 9. The largest absolute Gasteiger partial charge is 0.489 e. The molecule has 0 aliphatic carbocycles. The number of hydrogen-bond donors (Lipinski definition) is 1. The zero-order valence-electron chi connectivity index (χ0n) is 16.4. The molecule has 0 saturated carbocycles. The Bertz CT molecular complexity index is 872. The van der Waals surface area contributed by atoms with Gasteiger partial charge in [-0.1, -0.05) is 54.1 Å². The van der Waals surface area contributed by atoms with Crippen molar-refractivity contribution in [2.45, 2.75) is 39.0 Å². The molecule has 2 nitrogen and oxygen atoms in total. The number of nitrogens with one attached hydrogen (secondary N) is 1. The summed E-state index contributed by atoms with van der Waals surface area (Å²) in [5, 5.41) is 4.24. The first-order valence-electron chi connectivity index (χ1n) is 9.53. The van der Waals surface area contributed by atoms with Crippen LogP contribution >= 0.6 is 24.0 Å². The normalized spacial score (nSPS) is 11.6.